The average molecular weight is 109 g/mol. The van der Waals surface area contributed by atoms with E-state index in [1.165, 1.54) is 0 Å². The molecule has 1 aromatic heterocycles. The SMILES string of the molecule is C=C(N)c1ncc[nH]1. The van der Waals surface area contributed by atoms with Crippen molar-refractivity contribution in [3.05, 3.63) is 24.8 Å². The fourth-order valence-electron chi connectivity index (χ4n) is 0.441. The van der Waals surface area contributed by atoms with Crippen LogP contribution in [0.1, 0.15) is 5.82 Å². The number of aromatic amines is 1. The first-order valence-electron chi connectivity index (χ1n) is 2.25. The standard InChI is InChI=1S/C5H7N3/c1-4(6)5-7-2-3-8-5/h2-3H,1,6H2,(H,7,8). The second kappa shape index (κ2) is 1.69. The topological polar surface area (TPSA) is 54.7 Å². The Morgan fingerprint density at radius 3 is 2.88 bits per heavy atom. The highest BCUT2D eigenvalue weighted by Gasteiger charge is 1.90. The molecular formula is C5H7N3. The predicted octanol–water partition coefficient (Wildman–Crippen LogP) is 0.339. The Morgan fingerprint density at radius 1 is 1.88 bits per heavy atom. The minimum atomic E-state index is 0.468. The second-order valence-electron chi connectivity index (χ2n) is 1.46. The molecule has 0 atom stereocenters. The van der Waals surface area contributed by atoms with Crippen LogP contribution in [0.15, 0.2) is 19.0 Å². The summed E-state index contributed by atoms with van der Waals surface area (Å²) < 4.78 is 0. The Morgan fingerprint density at radius 2 is 2.62 bits per heavy atom. The Hall–Kier alpha value is -1.25. The number of nitrogens with zero attached hydrogens (tertiary/aromatic N) is 1. The zero-order chi connectivity index (χ0) is 5.98. The minimum Gasteiger partial charge on any atom is -0.396 e. The third kappa shape index (κ3) is 0.703. The maximum absolute atomic E-state index is 5.27. The second-order valence-corrected chi connectivity index (χ2v) is 1.46. The molecule has 0 saturated heterocycles. The molecule has 0 fully saturated rings. The Kier molecular flexibility index (Phi) is 1.04. The van der Waals surface area contributed by atoms with Crippen molar-refractivity contribution in [3.63, 3.8) is 0 Å². The first kappa shape index (κ1) is 4.90. The van der Waals surface area contributed by atoms with Gasteiger partial charge in [-0.25, -0.2) is 4.98 Å². The van der Waals surface area contributed by atoms with Gasteiger partial charge in [0, 0.05) is 12.4 Å². The monoisotopic (exact) mass is 109 g/mol. The van der Waals surface area contributed by atoms with Crippen LogP contribution in [0.3, 0.4) is 0 Å². The molecule has 3 heteroatoms. The Labute approximate surface area is 47.2 Å². The predicted molar refractivity (Wildman–Crippen MR) is 31.8 cm³/mol. The van der Waals surface area contributed by atoms with Gasteiger partial charge in [-0.05, 0) is 0 Å². The van der Waals surface area contributed by atoms with Crippen LogP contribution in [-0.2, 0) is 0 Å². The van der Waals surface area contributed by atoms with Crippen molar-refractivity contribution >= 4 is 5.70 Å². The van der Waals surface area contributed by atoms with Gasteiger partial charge >= 0.3 is 0 Å². The number of rotatable bonds is 1. The zero-order valence-electron chi connectivity index (χ0n) is 4.39. The van der Waals surface area contributed by atoms with Gasteiger partial charge in [-0.3, -0.25) is 0 Å². The summed E-state index contributed by atoms with van der Waals surface area (Å²) in [6.45, 7) is 3.48. The van der Waals surface area contributed by atoms with Crippen molar-refractivity contribution in [2.45, 2.75) is 0 Å². The van der Waals surface area contributed by atoms with E-state index < -0.39 is 0 Å². The number of hydrogen-bond acceptors (Lipinski definition) is 2. The highest BCUT2D eigenvalue weighted by Crippen LogP contribution is 1.94. The number of imidazole rings is 1. The van der Waals surface area contributed by atoms with Crippen molar-refractivity contribution in [1.29, 1.82) is 0 Å². The van der Waals surface area contributed by atoms with Crippen LogP contribution in [0.4, 0.5) is 0 Å². The molecule has 0 aliphatic heterocycles. The summed E-state index contributed by atoms with van der Waals surface area (Å²) >= 11 is 0. The lowest BCUT2D eigenvalue weighted by Crippen LogP contribution is -1.94. The molecule has 0 spiro atoms. The van der Waals surface area contributed by atoms with Gasteiger partial charge in [-0.15, -0.1) is 0 Å². The quantitative estimate of drug-likeness (QED) is 0.546. The van der Waals surface area contributed by atoms with Gasteiger partial charge in [0.1, 0.15) is 0 Å². The van der Waals surface area contributed by atoms with E-state index in [9.17, 15) is 0 Å². The van der Waals surface area contributed by atoms with E-state index in [4.69, 9.17) is 5.73 Å². The molecule has 42 valence electrons. The van der Waals surface area contributed by atoms with Crippen LogP contribution in [0.25, 0.3) is 5.70 Å². The fourth-order valence-corrected chi connectivity index (χ4v) is 0.441. The highest BCUT2D eigenvalue weighted by atomic mass is 14.9. The van der Waals surface area contributed by atoms with Gasteiger partial charge in [0.2, 0.25) is 0 Å². The van der Waals surface area contributed by atoms with Crippen LogP contribution < -0.4 is 5.73 Å². The van der Waals surface area contributed by atoms with Gasteiger partial charge < -0.3 is 10.7 Å². The fraction of sp³-hybridized carbons (Fsp3) is 0. The first-order valence-corrected chi connectivity index (χ1v) is 2.25. The van der Waals surface area contributed by atoms with Gasteiger partial charge in [-0.2, -0.15) is 0 Å². The Balaban J connectivity index is 2.93. The number of hydrogen-bond donors (Lipinski definition) is 2. The molecule has 0 aliphatic rings. The molecule has 1 aromatic rings. The molecule has 0 aromatic carbocycles. The molecule has 3 nitrogen and oxygen atoms in total. The van der Waals surface area contributed by atoms with Crippen molar-refractivity contribution < 1.29 is 0 Å². The molecule has 1 heterocycles. The molecule has 0 unspecified atom stereocenters. The maximum Gasteiger partial charge on any atom is 0.152 e. The van der Waals surface area contributed by atoms with Crippen molar-refractivity contribution in [1.82, 2.24) is 9.97 Å². The van der Waals surface area contributed by atoms with Crippen LogP contribution in [0.2, 0.25) is 0 Å². The molecule has 1 rings (SSSR count). The van der Waals surface area contributed by atoms with Crippen molar-refractivity contribution in [3.8, 4) is 0 Å². The number of H-pyrrole nitrogens is 1. The lowest BCUT2D eigenvalue weighted by molar-refractivity contribution is 1.22. The third-order valence-electron chi connectivity index (χ3n) is 0.802. The molecule has 0 bridgehead atoms. The van der Waals surface area contributed by atoms with E-state index in [0.29, 0.717) is 11.5 Å². The summed E-state index contributed by atoms with van der Waals surface area (Å²) in [5.41, 5.74) is 5.74. The summed E-state index contributed by atoms with van der Waals surface area (Å²) in [6.07, 6.45) is 3.33. The average Bonchev–Trinajstić information content (AvgIpc) is 2.12. The molecule has 0 radical (unpaired) electrons. The van der Waals surface area contributed by atoms with Crippen LogP contribution >= 0.6 is 0 Å². The van der Waals surface area contributed by atoms with E-state index in [1.54, 1.807) is 12.4 Å². The van der Waals surface area contributed by atoms with E-state index in [1.807, 2.05) is 0 Å². The smallest absolute Gasteiger partial charge is 0.152 e. The summed E-state index contributed by atoms with van der Waals surface area (Å²) in [6, 6.07) is 0. The number of nitrogens with two attached hydrogens (primary N) is 1. The Bertz CT molecular complexity index is 176. The zero-order valence-corrected chi connectivity index (χ0v) is 4.39. The third-order valence-corrected chi connectivity index (χ3v) is 0.802. The van der Waals surface area contributed by atoms with E-state index in [0.717, 1.165) is 0 Å². The maximum atomic E-state index is 5.27. The van der Waals surface area contributed by atoms with Gasteiger partial charge in [0.05, 0.1) is 5.70 Å². The molecule has 0 amide bonds. The van der Waals surface area contributed by atoms with Gasteiger partial charge in [0.25, 0.3) is 0 Å². The molecule has 8 heavy (non-hydrogen) atoms. The summed E-state index contributed by atoms with van der Waals surface area (Å²) in [4.78, 5) is 6.64. The van der Waals surface area contributed by atoms with E-state index in [2.05, 4.69) is 16.5 Å². The summed E-state index contributed by atoms with van der Waals surface area (Å²) in [5.74, 6) is 0.644. The summed E-state index contributed by atoms with van der Waals surface area (Å²) in [5, 5.41) is 0. The number of aromatic nitrogens is 2. The van der Waals surface area contributed by atoms with Crippen LogP contribution in [0, 0.1) is 0 Å². The summed E-state index contributed by atoms with van der Waals surface area (Å²) in [7, 11) is 0. The first-order chi connectivity index (χ1) is 3.80. The van der Waals surface area contributed by atoms with Crippen molar-refractivity contribution in [2.75, 3.05) is 0 Å². The van der Waals surface area contributed by atoms with Gasteiger partial charge in [-0.1, -0.05) is 6.58 Å². The normalized spacial score (nSPS) is 9.00. The van der Waals surface area contributed by atoms with Crippen LogP contribution in [0.5, 0.6) is 0 Å². The van der Waals surface area contributed by atoms with E-state index >= 15 is 0 Å². The molecule has 0 saturated carbocycles. The molecule has 0 aliphatic carbocycles. The van der Waals surface area contributed by atoms with Gasteiger partial charge in [0.15, 0.2) is 5.82 Å². The van der Waals surface area contributed by atoms with Crippen LogP contribution in [-0.4, -0.2) is 9.97 Å². The molecular weight excluding hydrogens is 102 g/mol. The number of nitrogens with one attached hydrogen (secondary N) is 1. The van der Waals surface area contributed by atoms with Crippen molar-refractivity contribution in [2.24, 2.45) is 5.73 Å². The lowest BCUT2D eigenvalue weighted by Gasteiger charge is -1.87. The van der Waals surface area contributed by atoms with E-state index in [-0.39, 0.29) is 0 Å². The lowest BCUT2D eigenvalue weighted by atomic mass is 10.5. The molecule has 3 N–H and O–H groups in total. The largest absolute Gasteiger partial charge is 0.396 e. The highest BCUT2D eigenvalue weighted by molar-refractivity contribution is 5.52. The minimum absolute atomic E-state index is 0.468.